The molecular formula is C15H26N4O2. The monoisotopic (exact) mass is 294 g/mol. The fourth-order valence-electron chi connectivity index (χ4n) is 3.07. The van der Waals surface area contributed by atoms with Gasteiger partial charge in [-0.1, -0.05) is 6.92 Å². The van der Waals surface area contributed by atoms with Crippen LogP contribution in [0.5, 0.6) is 0 Å². The highest BCUT2D eigenvalue weighted by molar-refractivity contribution is 4.97. The van der Waals surface area contributed by atoms with Crippen LogP contribution in [0.15, 0.2) is 0 Å². The van der Waals surface area contributed by atoms with Gasteiger partial charge in [-0.25, -0.2) is 4.98 Å². The number of aromatic amines is 1. The average Bonchev–Trinajstić information content (AvgIpc) is 2.98. The molecule has 6 heteroatoms. The van der Waals surface area contributed by atoms with E-state index in [0.29, 0.717) is 6.10 Å². The first-order valence-corrected chi connectivity index (χ1v) is 8.22. The Balaban J connectivity index is 1.54. The first kappa shape index (κ1) is 14.9. The van der Waals surface area contributed by atoms with Crippen molar-refractivity contribution in [3.63, 3.8) is 0 Å². The molecule has 6 nitrogen and oxygen atoms in total. The van der Waals surface area contributed by atoms with Gasteiger partial charge >= 0.3 is 0 Å². The van der Waals surface area contributed by atoms with E-state index in [1.165, 1.54) is 19.3 Å². The van der Waals surface area contributed by atoms with Gasteiger partial charge < -0.3 is 9.47 Å². The van der Waals surface area contributed by atoms with Crippen molar-refractivity contribution in [1.82, 2.24) is 20.1 Å². The fourth-order valence-corrected chi connectivity index (χ4v) is 3.07. The van der Waals surface area contributed by atoms with E-state index in [-0.39, 0.29) is 6.10 Å². The first-order chi connectivity index (χ1) is 10.3. The molecule has 2 atom stereocenters. The predicted molar refractivity (Wildman–Crippen MR) is 79.1 cm³/mol. The van der Waals surface area contributed by atoms with Crippen LogP contribution in [0, 0.1) is 0 Å². The topological polar surface area (TPSA) is 63.3 Å². The lowest BCUT2D eigenvalue weighted by Crippen LogP contribution is -2.43. The highest BCUT2D eigenvalue weighted by Crippen LogP contribution is 2.21. The quantitative estimate of drug-likeness (QED) is 0.895. The van der Waals surface area contributed by atoms with Crippen LogP contribution in [-0.2, 0) is 15.9 Å². The molecule has 3 rings (SSSR count). The minimum absolute atomic E-state index is 0.0100. The van der Waals surface area contributed by atoms with Crippen LogP contribution in [0.4, 0.5) is 0 Å². The lowest BCUT2D eigenvalue weighted by molar-refractivity contribution is -0.0636. The summed E-state index contributed by atoms with van der Waals surface area (Å²) in [5, 5.41) is 7.34. The minimum Gasteiger partial charge on any atom is -0.377 e. The van der Waals surface area contributed by atoms with E-state index >= 15 is 0 Å². The molecule has 2 fully saturated rings. The van der Waals surface area contributed by atoms with E-state index in [4.69, 9.17) is 9.47 Å². The second kappa shape index (κ2) is 7.33. The standard InChI is InChI=1S/C15H26N4O2/c1-2-5-14-16-15(18-17-14)13-11-19(7-9-21-13)10-12-6-3-4-8-20-12/h12-13H,2-11H2,1H3,(H,16,17,18)/t12-,13+/m0/s1. The minimum atomic E-state index is -0.0100. The molecule has 0 spiro atoms. The second-order valence-corrected chi connectivity index (χ2v) is 6.00. The Morgan fingerprint density at radius 3 is 3.05 bits per heavy atom. The van der Waals surface area contributed by atoms with Crippen molar-refractivity contribution in [2.45, 2.75) is 51.2 Å². The smallest absolute Gasteiger partial charge is 0.180 e. The second-order valence-electron chi connectivity index (χ2n) is 6.00. The summed E-state index contributed by atoms with van der Waals surface area (Å²) in [5.41, 5.74) is 0. The summed E-state index contributed by atoms with van der Waals surface area (Å²) in [7, 11) is 0. The van der Waals surface area contributed by atoms with Gasteiger partial charge in [0.2, 0.25) is 0 Å². The van der Waals surface area contributed by atoms with E-state index in [2.05, 4.69) is 27.0 Å². The molecule has 2 saturated heterocycles. The predicted octanol–water partition coefficient (Wildman–Crippen LogP) is 1.70. The summed E-state index contributed by atoms with van der Waals surface area (Å²) >= 11 is 0. The van der Waals surface area contributed by atoms with Crippen LogP contribution in [0.3, 0.4) is 0 Å². The van der Waals surface area contributed by atoms with E-state index in [9.17, 15) is 0 Å². The molecule has 0 amide bonds. The number of hydrogen-bond acceptors (Lipinski definition) is 5. The Kier molecular flexibility index (Phi) is 5.22. The molecule has 0 aromatic carbocycles. The Hall–Kier alpha value is -0.980. The number of aryl methyl sites for hydroxylation is 1. The lowest BCUT2D eigenvalue weighted by atomic mass is 10.1. The molecule has 2 aliphatic rings. The van der Waals surface area contributed by atoms with Gasteiger partial charge in [-0.2, -0.15) is 5.10 Å². The van der Waals surface area contributed by atoms with Gasteiger partial charge in [0.15, 0.2) is 5.82 Å². The number of morpholine rings is 1. The number of nitrogens with zero attached hydrogens (tertiary/aromatic N) is 3. The third-order valence-corrected chi connectivity index (χ3v) is 4.21. The van der Waals surface area contributed by atoms with Crippen molar-refractivity contribution < 1.29 is 9.47 Å². The van der Waals surface area contributed by atoms with Crippen molar-refractivity contribution in [3.8, 4) is 0 Å². The van der Waals surface area contributed by atoms with Crippen molar-refractivity contribution in [1.29, 1.82) is 0 Å². The van der Waals surface area contributed by atoms with Gasteiger partial charge in [0, 0.05) is 32.7 Å². The van der Waals surface area contributed by atoms with Crippen LogP contribution < -0.4 is 0 Å². The number of hydrogen-bond donors (Lipinski definition) is 1. The van der Waals surface area contributed by atoms with Crippen LogP contribution in [0.1, 0.15) is 50.4 Å². The van der Waals surface area contributed by atoms with Crippen molar-refractivity contribution in [2.75, 3.05) is 32.8 Å². The normalized spacial score (nSPS) is 27.9. The molecule has 118 valence electrons. The van der Waals surface area contributed by atoms with Crippen molar-refractivity contribution in [2.24, 2.45) is 0 Å². The van der Waals surface area contributed by atoms with Crippen LogP contribution in [-0.4, -0.2) is 59.0 Å². The van der Waals surface area contributed by atoms with E-state index < -0.39 is 0 Å². The largest absolute Gasteiger partial charge is 0.377 e. The average molecular weight is 294 g/mol. The van der Waals surface area contributed by atoms with Crippen LogP contribution in [0.25, 0.3) is 0 Å². The first-order valence-electron chi connectivity index (χ1n) is 8.22. The third kappa shape index (κ3) is 4.02. The Morgan fingerprint density at radius 1 is 1.29 bits per heavy atom. The molecular weight excluding hydrogens is 268 g/mol. The molecule has 0 radical (unpaired) electrons. The third-order valence-electron chi connectivity index (χ3n) is 4.21. The van der Waals surface area contributed by atoms with Gasteiger partial charge in [-0.05, 0) is 25.7 Å². The number of ether oxygens (including phenoxy) is 2. The van der Waals surface area contributed by atoms with Gasteiger partial charge in [-0.3, -0.25) is 10.00 Å². The maximum absolute atomic E-state index is 5.85. The van der Waals surface area contributed by atoms with Gasteiger partial charge in [-0.15, -0.1) is 0 Å². The highest BCUT2D eigenvalue weighted by Gasteiger charge is 2.27. The van der Waals surface area contributed by atoms with Gasteiger partial charge in [0.1, 0.15) is 11.9 Å². The van der Waals surface area contributed by atoms with E-state index in [0.717, 1.165) is 57.3 Å². The van der Waals surface area contributed by atoms with Crippen molar-refractivity contribution in [3.05, 3.63) is 11.6 Å². The van der Waals surface area contributed by atoms with Gasteiger partial charge in [0.25, 0.3) is 0 Å². The molecule has 0 unspecified atom stereocenters. The summed E-state index contributed by atoms with van der Waals surface area (Å²) in [6, 6.07) is 0. The maximum Gasteiger partial charge on any atom is 0.180 e. The zero-order chi connectivity index (χ0) is 14.5. The number of nitrogens with one attached hydrogen (secondary N) is 1. The number of rotatable bonds is 5. The summed E-state index contributed by atoms with van der Waals surface area (Å²) in [6.07, 6.45) is 6.08. The van der Waals surface area contributed by atoms with E-state index in [1.54, 1.807) is 0 Å². The summed E-state index contributed by atoms with van der Waals surface area (Å²) in [4.78, 5) is 6.99. The van der Waals surface area contributed by atoms with Gasteiger partial charge in [0.05, 0.1) is 12.7 Å². The van der Waals surface area contributed by atoms with Crippen molar-refractivity contribution >= 4 is 0 Å². The molecule has 2 aliphatic heterocycles. The molecule has 1 aromatic rings. The zero-order valence-electron chi connectivity index (χ0n) is 12.9. The SMILES string of the molecule is CCCc1nc([C@H]2CN(C[C@@H]3CCCCO3)CCO2)n[nH]1. The van der Waals surface area contributed by atoms with E-state index in [1.807, 2.05) is 0 Å². The number of H-pyrrole nitrogens is 1. The Bertz CT molecular complexity index is 431. The zero-order valence-corrected chi connectivity index (χ0v) is 12.9. The Labute approximate surface area is 126 Å². The highest BCUT2D eigenvalue weighted by atomic mass is 16.5. The maximum atomic E-state index is 5.85. The lowest BCUT2D eigenvalue weighted by Gasteiger charge is -2.35. The molecule has 1 N–H and O–H groups in total. The fraction of sp³-hybridized carbons (Fsp3) is 0.867. The molecule has 3 heterocycles. The molecule has 21 heavy (non-hydrogen) atoms. The van der Waals surface area contributed by atoms with Crippen LogP contribution >= 0.6 is 0 Å². The molecule has 0 aliphatic carbocycles. The molecule has 0 bridgehead atoms. The Morgan fingerprint density at radius 2 is 2.24 bits per heavy atom. The summed E-state index contributed by atoms with van der Waals surface area (Å²) in [6.45, 7) is 6.65. The van der Waals surface area contributed by atoms with Crippen LogP contribution in [0.2, 0.25) is 0 Å². The summed E-state index contributed by atoms with van der Waals surface area (Å²) < 4.78 is 11.7. The number of aromatic nitrogens is 3. The summed E-state index contributed by atoms with van der Waals surface area (Å²) in [5.74, 6) is 1.76. The molecule has 0 saturated carbocycles. The molecule has 1 aromatic heterocycles.